The molecule has 3 unspecified atom stereocenters. The zero-order chi connectivity index (χ0) is 11.7. The summed E-state index contributed by atoms with van der Waals surface area (Å²) in [5.41, 5.74) is 0. The van der Waals surface area contributed by atoms with Gasteiger partial charge >= 0.3 is 0 Å². The summed E-state index contributed by atoms with van der Waals surface area (Å²) in [5, 5.41) is 17.8. The van der Waals surface area contributed by atoms with Gasteiger partial charge in [0.05, 0.1) is 0 Å². The average molecular weight is 216 g/mol. The molecule has 0 amide bonds. The van der Waals surface area contributed by atoms with E-state index in [2.05, 4.69) is 20.8 Å². The average Bonchev–Trinajstić information content (AvgIpc) is 2.24. The van der Waals surface area contributed by atoms with Crippen LogP contribution in [-0.4, -0.2) is 23.4 Å². The fraction of sp³-hybridized carbons (Fsp3) is 1.00. The SMILES string of the molecule is CCC(CCC(C)CCO)CC(C)CO. The van der Waals surface area contributed by atoms with Crippen molar-refractivity contribution in [2.45, 2.75) is 52.9 Å². The van der Waals surface area contributed by atoms with Crippen LogP contribution in [0, 0.1) is 17.8 Å². The van der Waals surface area contributed by atoms with Crippen molar-refractivity contribution < 1.29 is 10.2 Å². The maximum Gasteiger partial charge on any atom is 0.0456 e. The van der Waals surface area contributed by atoms with Gasteiger partial charge in [0.2, 0.25) is 0 Å². The van der Waals surface area contributed by atoms with Crippen LogP contribution in [0.25, 0.3) is 0 Å². The van der Waals surface area contributed by atoms with Crippen LogP contribution in [0.4, 0.5) is 0 Å². The summed E-state index contributed by atoms with van der Waals surface area (Å²) in [5.74, 6) is 1.81. The van der Waals surface area contributed by atoms with Crippen LogP contribution in [-0.2, 0) is 0 Å². The van der Waals surface area contributed by atoms with Crippen molar-refractivity contribution in [2.24, 2.45) is 17.8 Å². The molecule has 2 heteroatoms. The Morgan fingerprint density at radius 1 is 0.933 bits per heavy atom. The van der Waals surface area contributed by atoms with Crippen LogP contribution in [0.3, 0.4) is 0 Å². The maximum absolute atomic E-state index is 9.01. The van der Waals surface area contributed by atoms with E-state index in [0.717, 1.165) is 18.8 Å². The third-order valence-electron chi connectivity index (χ3n) is 3.31. The topological polar surface area (TPSA) is 40.5 Å². The van der Waals surface area contributed by atoms with E-state index in [9.17, 15) is 0 Å². The molecule has 2 nitrogen and oxygen atoms in total. The van der Waals surface area contributed by atoms with Crippen LogP contribution in [0.1, 0.15) is 52.9 Å². The van der Waals surface area contributed by atoms with Gasteiger partial charge in [0.25, 0.3) is 0 Å². The van der Waals surface area contributed by atoms with Crippen molar-refractivity contribution in [1.82, 2.24) is 0 Å². The Labute approximate surface area is 94.7 Å². The highest BCUT2D eigenvalue weighted by molar-refractivity contribution is 4.64. The molecule has 0 aromatic heterocycles. The summed E-state index contributed by atoms with van der Waals surface area (Å²) in [6.45, 7) is 7.16. The second-order valence-electron chi connectivity index (χ2n) is 4.99. The second kappa shape index (κ2) is 9.17. The molecule has 0 aliphatic heterocycles. The predicted octanol–water partition coefficient (Wildman–Crippen LogP) is 2.83. The molecule has 0 saturated heterocycles. The fourth-order valence-electron chi connectivity index (χ4n) is 2.02. The third kappa shape index (κ3) is 7.80. The van der Waals surface area contributed by atoms with Crippen molar-refractivity contribution in [3.8, 4) is 0 Å². The molecular weight excluding hydrogens is 188 g/mol. The van der Waals surface area contributed by atoms with Gasteiger partial charge in [-0.05, 0) is 30.6 Å². The minimum atomic E-state index is 0.308. The molecule has 0 rings (SSSR count). The Bertz CT molecular complexity index is 136. The Kier molecular flexibility index (Phi) is 9.12. The number of rotatable bonds is 9. The Hall–Kier alpha value is -0.0800. The van der Waals surface area contributed by atoms with E-state index < -0.39 is 0 Å². The second-order valence-corrected chi connectivity index (χ2v) is 4.99. The van der Waals surface area contributed by atoms with Gasteiger partial charge in [-0.15, -0.1) is 0 Å². The van der Waals surface area contributed by atoms with Gasteiger partial charge in [0.15, 0.2) is 0 Å². The van der Waals surface area contributed by atoms with E-state index in [0.29, 0.717) is 25.0 Å². The lowest BCUT2D eigenvalue weighted by atomic mass is 9.87. The molecule has 92 valence electrons. The largest absolute Gasteiger partial charge is 0.396 e. The first kappa shape index (κ1) is 14.9. The zero-order valence-electron chi connectivity index (χ0n) is 10.6. The van der Waals surface area contributed by atoms with Crippen molar-refractivity contribution >= 4 is 0 Å². The summed E-state index contributed by atoms with van der Waals surface area (Å²) in [7, 11) is 0. The first-order chi connectivity index (χ1) is 7.13. The van der Waals surface area contributed by atoms with Crippen molar-refractivity contribution in [3.63, 3.8) is 0 Å². The van der Waals surface area contributed by atoms with Gasteiger partial charge in [-0.25, -0.2) is 0 Å². The lowest BCUT2D eigenvalue weighted by Crippen LogP contribution is -2.10. The van der Waals surface area contributed by atoms with Crippen molar-refractivity contribution in [3.05, 3.63) is 0 Å². The van der Waals surface area contributed by atoms with Gasteiger partial charge in [0.1, 0.15) is 0 Å². The smallest absolute Gasteiger partial charge is 0.0456 e. The number of aliphatic hydroxyl groups excluding tert-OH is 2. The monoisotopic (exact) mass is 216 g/mol. The summed E-state index contributed by atoms with van der Waals surface area (Å²) in [6, 6.07) is 0. The van der Waals surface area contributed by atoms with Crippen molar-refractivity contribution in [1.29, 1.82) is 0 Å². The molecule has 3 atom stereocenters. The normalized spacial score (nSPS) is 17.4. The number of aliphatic hydroxyl groups is 2. The highest BCUT2D eigenvalue weighted by atomic mass is 16.3. The molecule has 0 heterocycles. The molecule has 2 N–H and O–H groups in total. The first-order valence-electron chi connectivity index (χ1n) is 6.35. The molecule has 0 fully saturated rings. The molecule has 0 aliphatic carbocycles. The Morgan fingerprint density at radius 2 is 1.60 bits per heavy atom. The van der Waals surface area contributed by atoms with Gasteiger partial charge in [-0.1, -0.05) is 40.0 Å². The van der Waals surface area contributed by atoms with E-state index in [4.69, 9.17) is 10.2 Å². The molecule has 0 saturated carbocycles. The fourth-order valence-corrected chi connectivity index (χ4v) is 2.02. The molecule has 15 heavy (non-hydrogen) atoms. The summed E-state index contributed by atoms with van der Waals surface area (Å²) < 4.78 is 0. The van der Waals surface area contributed by atoms with Crippen LogP contribution in [0.2, 0.25) is 0 Å². The molecule has 0 radical (unpaired) electrons. The van der Waals surface area contributed by atoms with Crippen LogP contribution in [0.5, 0.6) is 0 Å². The van der Waals surface area contributed by atoms with Crippen LogP contribution < -0.4 is 0 Å². The van der Waals surface area contributed by atoms with Gasteiger partial charge < -0.3 is 10.2 Å². The van der Waals surface area contributed by atoms with Gasteiger partial charge in [0, 0.05) is 13.2 Å². The predicted molar refractivity (Wildman–Crippen MR) is 64.7 cm³/mol. The molecule has 0 aromatic rings. The summed E-state index contributed by atoms with van der Waals surface area (Å²) in [4.78, 5) is 0. The maximum atomic E-state index is 9.01. The molecule has 0 bridgehead atoms. The molecule has 0 aliphatic rings. The standard InChI is InChI=1S/C13H28O2/c1-4-13(9-12(3)10-15)6-5-11(2)7-8-14/h11-15H,4-10H2,1-3H3. The Balaban J connectivity index is 3.69. The lowest BCUT2D eigenvalue weighted by molar-refractivity contribution is 0.201. The quantitative estimate of drug-likeness (QED) is 0.622. The summed E-state index contributed by atoms with van der Waals surface area (Å²) >= 11 is 0. The van der Waals surface area contributed by atoms with E-state index in [1.165, 1.54) is 19.3 Å². The zero-order valence-corrected chi connectivity index (χ0v) is 10.6. The Morgan fingerprint density at radius 3 is 2.07 bits per heavy atom. The van der Waals surface area contributed by atoms with E-state index >= 15 is 0 Å². The minimum absolute atomic E-state index is 0.308. The molecular formula is C13H28O2. The molecule has 0 aromatic carbocycles. The summed E-state index contributed by atoms with van der Waals surface area (Å²) in [6.07, 6.45) is 5.71. The van der Waals surface area contributed by atoms with Crippen LogP contribution >= 0.6 is 0 Å². The van der Waals surface area contributed by atoms with Crippen LogP contribution in [0.15, 0.2) is 0 Å². The van der Waals surface area contributed by atoms with Crippen molar-refractivity contribution in [2.75, 3.05) is 13.2 Å². The lowest BCUT2D eigenvalue weighted by Gasteiger charge is -2.20. The highest BCUT2D eigenvalue weighted by Crippen LogP contribution is 2.23. The van der Waals surface area contributed by atoms with Gasteiger partial charge in [-0.2, -0.15) is 0 Å². The minimum Gasteiger partial charge on any atom is -0.396 e. The van der Waals surface area contributed by atoms with E-state index in [-0.39, 0.29) is 0 Å². The van der Waals surface area contributed by atoms with E-state index in [1.54, 1.807) is 0 Å². The first-order valence-corrected chi connectivity index (χ1v) is 6.35. The van der Waals surface area contributed by atoms with E-state index in [1.807, 2.05) is 0 Å². The number of hydrogen-bond donors (Lipinski definition) is 2. The highest BCUT2D eigenvalue weighted by Gasteiger charge is 2.12. The molecule has 0 spiro atoms. The third-order valence-corrected chi connectivity index (χ3v) is 3.31. The number of hydrogen-bond acceptors (Lipinski definition) is 2. The van der Waals surface area contributed by atoms with Gasteiger partial charge in [-0.3, -0.25) is 0 Å².